The number of phenols is 1. The van der Waals surface area contributed by atoms with Crippen LogP contribution in [0.1, 0.15) is 0 Å². The fourth-order valence-corrected chi connectivity index (χ4v) is 2.58. The molecular formula is C14H8Br2N2O2. The van der Waals surface area contributed by atoms with Crippen LogP contribution in [0, 0.1) is 0 Å². The first-order valence-corrected chi connectivity index (χ1v) is 7.31. The molecule has 20 heavy (non-hydrogen) atoms. The Kier molecular flexibility index (Phi) is 3.58. The third kappa shape index (κ3) is 2.48. The van der Waals surface area contributed by atoms with Crippen molar-refractivity contribution >= 4 is 31.9 Å². The van der Waals surface area contributed by atoms with E-state index in [0.29, 0.717) is 11.4 Å². The minimum Gasteiger partial charge on any atom is -0.507 e. The normalized spacial score (nSPS) is 10.7. The quantitative estimate of drug-likeness (QED) is 0.686. The topological polar surface area (TPSA) is 59.2 Å². The molecule has 1 heterocycles. The Balaban J connectivity index is 2.04. The third-order valence-electron chi connectivity index (χ3n) is 2.73. The summed E-state index contributed by atoms with van der Waals surface area (Å²) in [4.78, 5) is 4.32. The zero-order valence-corrected chi connectivity index (χ0v) is 13.2. The molecule has 0 fully saturated rings. The summed E-state index contributed by atoms with van der Waals surface area (Å²) in [7, 11) is 0. The lowest BCUT2D eigenvalue weighted by molar-refractivity contribution is 0.425. The number of aromatic nitrogens is 2. The maximum Gasteiger partial charge on any atom is 0.261 e. The molecule has 0 amide bonds. The van der Waals surface area contributed by atoms with E-state index in [2.05, 4.69) is 42.0 Å². The monoisotopic (exact) mass is 394 g/mol. The molecule has 100 valence electrons. The summed E-state index contributed by atoms with van der Waals surface area (Å²) in [5.41, 5.74) is 1.33. The molecule has 4 nitrogen and oxygen atoms in total. The van der Waals surface area contributed by atoms with E-state index in [9.17, 15) is 5.11 Å². The van der Waals surface area contributed by atoms with Crippen LogP contribution in [0.3, 0.4) is 0 Å². The zero-order valence-electron chi connectivity index (χ0n) is 10.0. The average Bonchev–Trinajstić information content (AvgIpc) is 2.88. The standard InChI is InChI=1S/C14H8Br2N2O2/c15-8-5-6-10(12(19)7-8)14-17-13(18-20-14)9-3-1-2-4-11(9)16/h1-7,19H. The number of phenolic OH excluding ortho intramolecular Hbond substituents is 1. The predicted molar refractivity (Wildman–Crippen MR) is 82.2 cm³/mol. The van der Waals surface area contributed by atoms with Gasteiger partial charge in [0, 0.05) is 14.5 Å². The molecule has 0 bridgehead atoms. The number of hydrogen-bond donors (Lipinski definition) is 1. The molecule has 1 aromatic heterocycles. The summed E-state index contributed by atoms with van der Waals surface area (Å²) < 4.78 is 6.89. The van der Waals surface area contributed by atoms with E-state index in [0.717, 1.165) is 14.5 Å². The molecule has 3 rings (SSSR count). The molecule has 0 radical (unpaired) electrons. The van der Waals surface area contributed by atoms with Gasteiger partial charge < -0.3 is 9.63 Å². The van der Waals surface area contributed by atoms with Crippen LogP contribution in [0.2, 0.25) is 0 Å². The fraction of sp³-hybridized carbons (Fsp3) is 0. The van der Waals surface area contributed by atoms with Crippen molar-refractivity contribution in [3.05, 3.63) is 51.4 Å². The first-order valence-electron chi connectivity index (χ1n) is 5.72. The van der Waals surface area contributed by atoms with Gasteiger partial charge in [0.1, 0.15) is 5.75 Å². The van der Waals surface area contributed by atoms with E-state index >= 15 is 0 Å². The lowest BCUT2D eigenvalue weighted by Crippen LogP contribution is -1.83. The Morgan fingerprint density at radius 3 is 2.55 bits per heavy atom. The van der Waals surface area contributed by atoms with Gasteiger partial charge in [-0.1, -0.05) is 49.1 Å². The van der Waals surface area contributed by atoms with E-state index < -0.39 is 0 Å². The maximum atomic E-state index is 9.91. The molecule has 6 heteroatoms. The first kappa shape index (κ1) is 13.3. The largest absolute Gasteiger partial charge is 0.507 e. The summed E-state index contributed by atoms with van der Waals surface area (Å²) in [6, 6.07) is 12.7. The Morgan fingerprint density at radius 1 is 1.00 bits per heavy atom. The van der Waals surface area contributed by atoms with Crippen LogP contribution >= 0.6 is 31.9 Å². The van der Waals surface area contributed by atoms with Gasteiger partial charge in [-0.05, 0) is 30.3 Å². The maximum absolute atomic E-state index is 9.91. The lowest BCUT2D eigenvalue weighted by atomic mass is 10.2. The molecule has 0 spiro atoms. The second kappa shape index (κ2) is 5.38. The van der Waals surface area contributed by atoms with Gasteiger partial charge in [0.05, 0.1) is 5.56 Å². The molecule has 0 aliphatic carbocycles. The molecule has 0 aliphatic heterocycles. The lowest BCUT2D eigenvalue weighted by Gasteiger charge is -1.99. The van der Waals surface area contributed by atoms with E-state index in [1.165, 1.54) is 0 Å². The summed E-state index contributed by atoms with van der Waals surface area (Å²) >= 11 is 6.73. The van der Waals surface area contributed by atoms with Crippen molar-refractivity contribution < 1.29 is 9.63 Å². The number of hydrogen-bond acceptors (Lipinski definition) is 4. The SMILES string of the molecule is Oc1cc(Br)ccc1-c1nc(-c2ccccc2Br)no1. The van der Waals surface area contributed by atoms with Crippen molar-refractivity contribution in [2.24, 2.45) is 0 Å². The van der Waals surface area contributed by atoms with Crippen molar-refractivity contribution in [2.75, 3.05) is 0 Å². The van der Waals surface area contributed by atoms with Crippen molar-refractivity contribution in [3.63, 3.8) is 0 Å². The minimum atomic E-state index is 0.0849. The Bertz CT molecular complexity index is 771. The highest BCUT2D eigenvalue weighted by atomic mass is 79.9. The summed E-state index contributed by atoms with van der Waals surface area (Å²) in [6.07, 6.45) is 0. The first-order chi connectivity index (χ1) is 9.65. The van der Waals surface area contributed by atoms with Crippen molar-refractivity contribution in [2.45, 2.75) is 0 Å². The Morgan fingerprint density at radius 2 is 1.80 bits per heavy atom. The highest BCUT2D eigenvalue weighted by Gasteiger charge is 2.15. The second-order valence-electron chi connectivity index (χ2n) is 4.06. The van der Waals surface area contributed by atoms with Crippen LogP contribution in [-0.2, 0) is 0 Å². The van der Waals surface area contributed by atoms with Crippen molar-refractivity contribution in [3.8, 4) is 28.6 Å². The van der Waals surface area contributed by atoms with Crippen molar-refractivity contribution in [1.29, 1.82) is 0 Å². The molecule has 0 saturated heterocycles. The number of aromatic hydroxyl groups is 1. The van der Waals surface area contributed by atoms with Gasteiger partial charge in [-0.25, -0.2) is 0 Å². The van der Waals surface area contributed by atoms with Crippen LogP contribution in [0.4, 0.5) is 0 Å². The third-order valence-corrected chi connectivity index (χ3v) is 3.92. The summed E-state index contributed by atoms with van der Waals surface area (Å²) in [6.45, 7) is 0. The number of rotatable bonds is 2. The smallest absolute Gasteiger partial charge is 0.261 e. The summed E-state index contributed by atoms with van der Waals surface area (Å²) in [5.74, 6) is 0.831. The van der Waals surface area contributed by atoms with Gasteiger partial charge in [0.25, 0.3) is 5.89 Å². The molecular weight excluding hydrogens is 388 g/mol. The molecule has 0 unspecified atom stereocenters. The zero-order chi connectivity index (χ0) is 14.1. The van der Waals surface area contributed by atoms with Gasteiger partial charge >= 0.3 is 0 Å². The van der Waals surface area contributed by atoms with E-state index in [-0.39, 0.29) is 11.6 Å². The van der Waals surface area contributed by atoms with Gasteiger partial charge in [-0.2, -0.15) is 4.98 Å². The second-order valence-corrected chi connectivity index (χ2v) is 5.83. The molecule has 0 saturated carbocycles. The number of halogens is 2. The van der Waals surface area contributed by atoms with Crippen LogP contribution in [-0.4, -0.2) is 15.2 Å². The van der Waals surface area contributed by atoms with Gasteiger partial charge in [-0.15, -0.1) is 0 Å². The number of nitrogens with zero attached hydrogens (tertiary/aromatic N) is 2. The molecule has 0 atom stereocenters. The summed E-state index contributed by atoms with van der Waals surface area (Å²) in [5, 5.41) is 13.9. The van der Waals surface area contributed by atoms with Crippen LogP contribution in [0.15, 0.2) is 55.9 Å². The average molecular weight is 396 g/mol. The Labute approximate surface area is 131 Å². The van der Waals surface area contributed by atoms with Gasteiger partial charge in [0.2, 0.25) is 5.82 Å². The minimum absolute atomic E-state index is 0.0849. The molecule has 3 aromatic rings. The number of benzene rings is 2. The predicted octanol–water partition coefficient (Wildman–Crippen LogP) is 4.63. The van der Waals surface area contributed by atoms with Crippen LogP contribution in [0.5, 0.6) is 5.75 Å². The van der Waals surface area contributed by atoms with E-state index in [4.69, 9.17) is 4.52 Å². The molecule has 2 aromatic carbocycles. The van der Waals surface area contributed by atoms with Gasteiger partial charge in [-0.3, -0.25) is 0 Å². The highest BCUT2D eigenvalue weighted by molar-refractivity contribution is 9.10. The van der Waals surface area contributed by atoms with E-state index in [1.807, 2.05) is 24.3 Å². The van der Waals surface area contributed by atoms with Crippen LogP contribution in [0.25, 0.3) is 22.8 Å². The highest BCUT2D eigenvalue weighted by Crippen LogP contribution is 2.33. The fourth-order valence-electron chi connectivity index (χ4n) is 1.77. The van der Waals surface area contributed by atoms with Gasteiger partial charge in [0.15, 0.2) is 0 Å². The van der Waals surface area contributed by atoms with Crippen LogP contribution < -0.4 is 0 Å². The Hall–Kier alpha value is -1.66. The molecule has 0 aliphatic rings. The van der Waals surface area contributed by atoms with Crippen molar-refractivity contribution in [1.82, 2.24) is 10.1 Å². The van der Waals surface area contributed by atoms with E-state index in [1.54, 1.807) is 18.2 Å². The molecule has 1 N–H and O–H groups in total.